The molecule has 11 nitrogen and oxygen atoms in total. The van der Waals surface area contributed by atoms with Crippen LogP contribution in [0.2, 0.25) is 0 Å². The van der Waals surface area contributed by atoms with Gasteiger partial charge in [-0.05, 0) is 29.9 Å². The smallest absolute Gasteiger partial charge is 0.408 e. The molecule has 0 radical (unpaired) electrons. The Balaban J connectivity index is 1.83. The molecule has 55 heavy (non-hydrogen) atoms. The molecule has 3 amide bonds. The number of carbonyl (C=O) groups excluding carboxylic acids is 5. The highest BCUT2D eigenvalue weighted by molar-refractivity contribution is 8.13. The number of Topliss-reactive ketones (excluding diaryl/α,β-unsaturated/α-hetero) is 1. The summed E-state index contributed by atoms with van der Waals surface area (Å²) in [5.74, 6) is -2.79. The molecule has 0 bridgehead atoms. The van der Waals surface area contributed by atoms with E-state index in [1.807, 2.05) is 44.2 Å². The van der Waals surface area contributed by atoms with Crippen LogP contribution in [0.4, 0.5) is 4.79 Å². The molecule has 2 atom stereocenters. The van der Waals surface area contributed by atoms with Gasteiger partial charge >= 0.3 is 12.1 Å². The Bertz CT molecular complexity index is 1450. The number of rotatable bonds is 29. The molecule has 12 heteroatoms. The van der Waals surface area contributed by atoms with E-state index in [2.05, 4.69) is 22.9 Å². The van der Waals surface area contributed by atoms with Crippen molar-refractivity contribution in [2.45, 2.75) is 142 Å². The Morgan fingerprint density at radius 2 is 1.27 bits per heavy atom. The van der Waals surface area contributed by atoms with Gasteiger partial charge in [0.25, 0.3) is 0 Å². The molecule has 2 aromatic rings. The summed E-state index contributed by atoms with van der Waals surface area (Å²) in [6.45, 7) is 5.22. The van der Waals surface area contributed by atoms with E-state index in [9.17, 15) is 28.8 Å². The highest BCUT2D eigenvalue weighted by Gasteiger charge is 2.29. The summed E-state index contributed by atoms with van der Waals surface area (Å²) in [5.41, 5.74) is 2.09. The number of carboxylic acids is 1. The van der Waals surface area contributed by atoms with E-state index in [1.165, 1.54) is 57.8 Å². The molecule has 0 aliphatic rings. The Morgan fingerprint density at radius 3 is 1.84 bits per heavy atom. The van der Waals surface area contributed by atoms with Gasteiger partial charge in [-0.25, -0.2) is 4.79 Å². The maximum absolute atomic E-state index is 13.4. The zero-order valence-corrected chi connectivity index (χ0v) is 33.9. The number of alkyl carbamates (subject to hydrolysis) is 1. The number of hydrogen-bond acceptors (Lipinski definition) is 8. The number of ketones is 1. The van der Waals surface area contributed by atoms with Gasteiger partial charge in [-0.15, -0.1) is 0 Å². The second kappa shape index (κ2) is 28.3. The minimum atomic E-state index is -1.25. The van der Waals surface area contributed by atoms with Gasteiger partial charge in [-0.1, -0.05) is 164 Å². The fourth-order valence-electron chi connectivity index (χ4n) is 5.98. The largest absolute Gasteiger partial charge is 0.480 e. The Hall–Kier alpha value is -4.19. The van der Waals surface area contributed by atoms with Crippen molar-refractivity contribution >= 4 is 46.5 Å². The first-order valence-electron chi connectivity index (χ1n) is 20.0. The van der Waals surface area contributed by atoms with Gasteiger partial charge in [0.05, 0.1) is 0 Å². The second-order valence-corrected chi connectivity index (χ2v) is 15.6. The molecule has 0 unspecified atom stereocenters. The van der Waals surface area contributed by atoms with E-state index in [4.69, 9.17) is 9.84 Å². The van der Waals surface area contributed by atoms with Gasteiger partial charge in [-0.2, -0.15) is 0 Å². The van der Waals surface area contributed by atoms with Gasteiger partial charge in [0.1, 0.15) is 25.2 Å². The maximum Gasteiger partial charge on any atom is 0.408 e. The summed E-state index contributed by atoms with van der Waals surface area (Å²) in [6, 6.07) is 13.9. The SMILES string of the molecule is CCCCCCCCCCCCCCCC(=O)SC[C@H](NC(=O)[C@H](CC(C)C)NC(=O)OCc1ccc(C(=O)Cc2ccccc2)cc1)C(=O)NCC(=O)O. The Morgan fingerprint density at radius 1 is 0.691 bits per heavy atom. The van der Waals surface area contributed by atoms with Crippen molar-refractivity contribution in [1.29, 1.82) is 0 Å². The summed E-state index contributed by atoms with van der Waals surface area (Å²) >= 11 is 0.926. The predicted octanol–water partition coefficient (Wildman–Crippen LogP) is 8.18. The number of nitrogens with one attached hydrogen (secondary N) is 3. The molecule has 4 N–H and O–H groups in total. The molecular formula is C43H63N3O8S. The lowest BCUT2D eigenvalue weighted by atomic mass is 10.0. The van der Waals surface area contributed by atoms with E-state index in [-0.39, 0.29) is 42.0 Å². The summed E-state index contributed by atoms with van der Waals surface area (Å²) in [7, 11) is 0. The molecule has 0 aliphatic heterocycles. The number of aliphatic carboxylic acids is 1. The molecule has 0 heterocycles. The van der Waals surface area contributed by atoms with Crippen LogP contribution in [0, 0.1) is 5.92 Å². The summed E-state index contributed by atoms with van der Waals surface area (Å²) in [4.78, 5) is 75.6. The molecule has 0 saturated carbocycles. The Kier molecular flexibility index (Phi) is 24.1. The fraction of sp³-hybridized carbons (Fsp3) is 0.581. The number of unbranched alkanes of at least 4 members (excludes halogenated alkanes) is 12. The number of benzene rings is 2. The number of ether oxygens (including phenoxy) is 1. The molecule has 0 fully saturated rings. The van der Waals surface area contributed by atoms with Crippen LogP contribution < -0.4 is 16.0 Å². The average molecular weight is 782 g/mol. The standard InChI is InChI=1S/C43H63N3O8S/c1-4-5-6-7-8-9-10-11-12-13-14-15-19-22-40(50)55-31-37(41(51)44-29-39(48)49)45-42(52)36(27-32(2)3)46-43(53)54-30-34-23-25-35(26-24-34)38(47)28-33-20-17-16-18-21-33/h16-18,20-21,23-26,32,36-37H,4-15,19,22,27-31H2,1-3H3,(H,44,51)(H,45,52)(H,46,53)(H,48,49)/t36-,37-/m0/s1. The number of carboxylic acid groups (broad SMARTS) is 1. The zero-order chi connectivity index (χ0) is 40.3. The molecule has 0 saturated heterocycles. The highest BCUT2D eigenvalue weighted by atomic mass is 32.2. The van der Waals surface area contributed by atoms with E-state index in [0.29, 0.717) is 17.5 Å². The van der Waals surface area contributed by atoms with Gasteiger partial charge in [0.2, 0.25) is 11.8 Å². The third-order valence-electron chi connectivity index (χ3n) is 9.11. The van der Waals surface area contributed by atoms with Crippen LogP contribution in [-0.4, -0.2) is 64.3 Å². The molecule has 2 aromatic carbocycles. The molecule has 0 aromatic heterocycles. The lowest BCUT2D eigenvalue weighted by molar-refractivity contribution is -0.138. The normalized spacial score (nSPS) is 12.1. The van der Waals surface area contributed by atoms with Crippen LogP contribution >= 0.6 is 11.8 Å². The van der Waals surface area contributed by atoms with Gasteiger partial charge in [0.15, 0.2) is 10.9 Å². The summed E-state index contributed by atoms with van der Waals surface area (Å²) < 4.78 is 5.37. The molecular weight excluding hydrogens is 719 g/mol. The van der Waals surface area contributed by atoms with E-state index >= 15 is 0 Å². The quantitative estimate of drug-likeness (QED) is 0.0470. The number of thioether (sulfide) groups is 1. The van der Waals surface area contributed by atoms with Crippen molar-refractivity contribution in [3.8, 4) is 0 Å². The molecule has 0 aliphatic carbocycles. The first-order valence-corrected chi connectivity index (χ1v) is 21.0. The van der Waals surface area contributed by atoms with E-state index in [1.54, 1.807) is 24.3 Å². The summed E-state index contributed by atoms with van der Waals surface area (Å²) in [5, 5.41) is 16.4. The third kappa shape index (κ3) is 22.1. The molecule has 304 valence electrons. The number of carbonyl (C=O) groups is 6. The zero-order valence-electron chi connectivity index (χ0n) is 33.1. The fourth-order valence-corrected chi connectivity index (χ4v) is 6.86. The third-order valence-corrected chi connectivity index (χ3v) is 10.1. The van der Waals surface area contributed by atoms with Gasteiger partial charge in [0, 0.05) is 24.2 Å². The van der Waals surface area contributed by atoms with Gasteiger partial charge in [-0.3, -0.25) is 24.0 Å². The topological polar surface area (TPSA) is 168 Å². The average Bonchev–Trinajstić information content (AvgIpc) is 3.16. The van der Waals surface area contributed by atoms with Crippen LogP contribution in [0.5, 0.6) is 0 Å². The van der Waals surface area contributed by atoms with Crippen LogP contribution in [0.25, 0.3) is 0 Å². The molecule has 0 spiro atoms. The lowest BCUT2D eigenvalue weighted by Crippen LogP contribution is -2.55. The van der Waals surface area contributed by atoms with Crippen molar-refractivity contribution < 1.29 is 38.6 Å². The van der Waals surface area contributed by atoms with Crippen LogP contribution in [-0.2, 0) is 36.9 Å². The van der Waals surface area contributed by atoms with Crippen molar-refractivity contribution in [2.24, 2.45) is 5.92 Å². The molecule has 2 rings (SSSR count). The maximum atomic E-state index is 13.4. The van der Waals surface area contributed by atoms with Crippen molar-refractivity contribution in [3.63, 3.8) is 0 Å². The van der Waals surface area contributed by atoms with Crippen molar-refractivity contribution in [2.75, 3.05) is 12.3 Å². The van der Waals surface area contributed by atoms with Crippen molar-refractivity contribution in [1.82, 2.24) is 16.0 Å². The highest BCUT2D eigenvalue weighted by Crippen LogP contribution is 2.16. The van der Waals surface area contributed by atoms with Gasteiger partial charge < -0.3 is 25.8 Å². The Labute approximate surface area is 331 Å². The first kappa shape index (κ1) is 47.0. The minimum Gasteiger partial charge on any atom is -0.480 e. The first-order chi connectivity index (χ1) is 26.5. The van der Waals surface area contributed by atoms with Crippen LogP contribution in [0.15, 0.2) is 54.6 Å². The predicted molar refractivity (Wildman–Crippen MR) is 218 cm³/mol. The number of amides is 3. The van der Waals surface area contributed by atoms with Crippen molar-refractivity contribution in [3.05, 3.63) is 71.3 Å². The summed E-state index contributed by atoms with van der Waals surface area (Å²) in [6.07, 6.45) is 15.6. The number of hydrogen-bond donors (Lipinski definition) is 4. The van der Waals surface area contributed by atoms with E-state index < -0.39 is 42.5 Å². The second-order valence-electron chi connectivity index (χ2n) is 14.5. The minimum absolute atomic E-state index is 0.0208. The van der Waals surface area contributed by atoms with Crippen LogP contribution in [0.1, 0.15) is 139 Å². The van der Waals surface area contributed by atoms with E-state index in [0.717, 1.165) is 43.0 Å². The monoisotopic (exact) mass is 781 g/mol. The van der Waals surface area contributed by atoms with Crippen LogP contribution in [0.3, 0.4) is 0 Å². The lowest BCUT2D eigenvalue weighted by Gasteiger charge is -2.23.